The maximum Gasteiger partial charge on any atom is 0.193 e. The number of nitrogens with one attached hydrogen (secondary N) is 1. The molecule has 106 valence electrons. The minimum atomic E-state index is 0. The Hall–Kier alpha value is -0.980. The van der Waals surface area contributed by atoms with Crippen molar-refractivity contribution in [3.05, 3.63) is 29.8 Å². The maximum atomic E-state index is 5.83. The molecule has 0 amide bonds. The van der Waals surface area contributed by atoms with Gasteiger partial charge in [-0.25, -0.2) is 0 Å². The molecule has 0 bridgehead atoms. The molecule has 0 spiro atoms. The van der Waals surface area contributed by atoms with E-state index in [2.05, 4.69) is 41.2 Å². The Balaban J connectivity index is 0.00000180. The zero-order valence-corrected chi connectivity index (χ0v) is 14.0. The first-order valence-corrected chi connectivity index (χ1v) is 6.38. The summed E-state index contributed by atoms with van der Waals surface area (Å²) in [5, 5.41) is 3.31. The van der Waals surface area contributed by atoms with Gasteiger partial charge in [0.05, 0.1) is 13.1 Å². The highest BCUT2D eigenvalue weighted by atomic mass is 127. The molecule has 1 atom stereocenters. The van der Waals surface area contributed by atoms with Gasteiger partial charge in [-0.1, -0.05) is 17.7 Å². The van der Waals surface area contributed by atoms with Crippen LogP contribution in [0.1, 0.15) is 12.5 Å². The van der Waals surface area contributed by atoms with Crippen LogP contribution in [0.2, 0.25) is 0 Å². The van der Waals surface area contributed by atoms with Gasteiger partial charge < -0.3 is 15.0 Å². The summed E-state index contributed by atoms with van der Waals surface area (Å²) < 4.78 is 5.83. The smallest absolute Gasteiger partial charge is 0.193 e. The number of hydrogen-bond acceptors (Lipinski definition) is 4. The van der Waals surface area contributed by atoms with E-state index in [0.29, 0.717) is 0 Å². The van der Waals surface area contributed by atoms with E-state index in [-0.39, 0.29) is 30.1 Å². The predicted molar refractivity (Wildman–Crippen MR) is 89.6 cm³/mol. The minimum Gasteiger partial charge on any atom is -0.489 e. The zero-order valence-electron chi connectivity index (χ0n) is 11.7. The third kappa shape index (κ3) is 4.89. The van der Waals surface area contributed by atoms with Crippen LogP contribution in [0.15, 0.2) is 29.3 Å². The number of aryl methyl sites for hydroxylation is 1. The number of rotatable bonds is 4. The van der Waals surface area contributed by atoms with Crippen LogP contribution in [0.25, 0.3) is 0 Å². The fourth-order valence-corrected chi connectivity index (χ4v) is 1.85. The van der Waals surface area contributed by atoms with Crippen LogP contribution in [-0.4, -0.2) is 43.6 Å². The second-order valence-corrected chi connectivity index (χ2v) is 4.75. The van der Waals surface area contributed by atoms with Crippen molar-refractivity contribution in [2.45, 2.75) is 20.0 Å². The molecule has 0 fully saturated rings. The van der Waals surface area contributed by atoms with E-state index in [0.717, 1.165) is 31.3 Å². The highest BCUT2D eigenvalue weighted by Gasteiger charge is 2.13. The van der Waals surface area contributed by atoms with E-state index in [4.69, 9.17) is 4.74 Å². The molecule has 0 aliphatic carbocycles. The summed E-state index contributed by atoms with van der Waals surface area (Å²) in [6.45, 7) is 6.77. The Morgan fingerprint density at radius 3 is 2.63 bits per heavy atom. The van der Waals surface area contributed by atoms with Crippen LogP contribution in [-0.2, 0) is 0 Å². The van der Waals surface area contributed by atoms with Crippen molar-refractivity contribution in [3.63, 3.8) is 0 Å². The van der Waals surface area contributed by atoms with Crippen LogP contribution in [0.4, 0.5) is 0 Å². The number of aliphatic imine (C=N–C) groups is 1. The Morgan fingerprint density at radius 1 is 1.37 bits per heavy atom. The van der Waals surface area contributed by atoms with E-state index in [9.17, 15) is 0 Å². The van der Waals surface area contributed by atoms with Crippen molar-refractivity contribution in [1.82, 2.24) is 10.2 Å². The molecule has 1 N–H and O–H groups in total. The fourth-order valence-electron chi connectivity index (χ4n) is 1.85. The average molecular weight is 375 g/mol. The molecule has 4 nitrogen and oxygen atoms in total. The van der Waals surface area contributed by atoms with Gasteiger partial charge in [0.25, 0.3) is 0 Å². The third-order valence-corrected chi connectivity index (χ3v) is 2.96. The minimum absolute atomic E-state index is 0. The summed E-state index contributed by atoms with van der Waals surface area (Å²) >= 11 is 0. The third-order valence-electron chi connectivity index (χ3n) is 2.96. The molecule has 5 heteroatoms. The second kappa shape index (κ2) is 7.57. The Morgan fingerprint density at radius 2 is 2.05 bits per heavy atom. The molecule has 1 aromatic carbocycles. The summed E-state index contributed by atoms with van der Waals surface area (Å²) in [4.78, 5) is 6.51. The molecule has 0 aromatic heterocycles. The number of benzene rings is 1. The molecule has 0 radical (unpaired) electrons. The van der Waals surface area contributed by atoms with E-state index < -0.39 is 0 Å². The van der Waals surface area contributed by atoms with E-state index >= 15 is 0 Å². The lowest BCUT2D eigenvalue weighted by Crippen LogP contribution is -2.40. The van der Waals surface area contributed by atoms with Crippen molar-refractivity contribution < 1.29 is 4.74 Å². The Bertz CT molecular complexity index is 419. The summed E-state index contributed by atoms with van der Waals surface area (Å²) in [7, 11) is 2.05. The van der Waals surface area contributed by atoms with E-state index in [1.54, 1.807) is 0 Å². The van der Waals surface area contributed by atoms with Gasteiger partial charge in [0.1, 0.15) is 11.9 Å². The normalized spacial score (nSPS) is 15.5. The van der Waals surface area contributed by atoms with Gasteiger partial charge in [-0.05, 0) is 26.0 Å². The molecule has 1 aromatic rings. The van der Waals surface area contributed by atoms with Crippen LogP contribution in [0.5, 0.6) is 5.75 Å². The highest BCUT2D eigenvalue weighted by Crippen LogP contribution is 2.13. The molecule has 1 aliphatic rings. The van der Waals surface area contributed by atoms with E-state index in [1.165, 1.54) is 5.56 Å². The lowest BCUT2D eigenvalue weighted by Gasteiger charge is -2.19. The average Bonchev–Trinajstić information content (AvgIpc) is 2.75. The van der Waals surface area contributed by atoms with Gasteiger partial charge in [0, 0.05) is 13.6 Å². The van der Waals surface area contributed by atoms with Crippen LogP contribution < -0.4 is 10.1 Å². The van der Waals surface area contributed by atoms with Gasteiger partial charge in [-0.2, -0.15) is 0 Å². The number of nitrogens with zero attached hydrogens (tertiary/aromatic N) is 2. The number of ether oxygens (including phenoxy) is 1. The van der Waals surface area contributed by atoms with Gasteiger partial charge >= 0.3 is 0 Å². The first-order valence-electron chi connectivity index (χ1n) is 6.38. The fraction of sp³-hybridized carbons (Fsp3) is 0.500. The largest absolute Gasteiger partial charge is 0.489 e. The number of likely N-dealkylation sites (N-methyl/N-ethyl adjacent to an activating group) is 1. The summed E-state index contributed by atoms with van der Waals surface area (Å²) in [6.07, 6.45) is 0.115. The molecule has 0 saturated heterocycles. The molecule has 0 saturated carbocycles. The van der Waals surface area contributed by atoms with Gasteiger partial charge in [-0.15, -0.1) is 24.0 Å². The van der Waals surface area contributed by atoms with Crippen molar-refractivity contribution in [2.24, 2.45) is 4.99 Å². The lowest BCUT2D eigenvalue weighted by atomic mass is 10.2. The number of hydrogen-bond donors (Lipinski definition) is 1. The van der Waals surface area contributed by atoms with Crippen molar-refractivity contribution >= 4 is 29.9 Å². The first kappa shape index (κ1) is 16.1. The highest BCUT2D eigenvalue weighted by molar-refractivity contribution is 14.0. The van der Waals surface area contributed by atoms with Crippen molar-refractivity contribution in [3.8, 4) is 5.75 Å². The first-order chi connectivity index (χ1) is 8.65. The number of guanidine groups is 1. The lowest BCUT2D eigenvalue weighted by molar-refractivity contribution is 0.223. The summed E-state index contributed by atoms with van der Waals surface area (Å²) in [5.41, 5.74) is 1.25. The molecule has 1 aliphatic heterocycles. The quantitative estimate of drug-likeness (QED) is 0.821. The monoisotopic (exact) mass is 375 g/mol. The zero-order chi connectivity index (χ0) is 13.0. The summed E-state index contributed by atoms with van der Waals surface area (Å²) in [5.74, 6) is 1.88. The predicted octanol–water partition coefficient (Wildman–Crippen LogP) is 2.27. The standard InChI is InChI=1S/C14H21N3O.HI/c1-11-4-6-13(7-5-11)18-12(2)10-16-14-15-8-9-17(14)3;/h4-7,12H,8-10H2,1-3H3,(H,15,16);1H. The molecule has 1 heterocycles. The molecular weight excluding hydrogens is 353 g/mol. The molecule has 2 rings (SSSR count). The van der Waals surface area contributed by atoms with Crippen molar-refractivity contribution in [1.29, 1.82) is 0 Å². The maximum absolute atomic E-state index is 5.83. The van der Waals surface area contributed by atoms with Crippen LogP contribution in [0, 0.1) is 6.92 Å². The van der Waals surface area contributed by atoms with Gasteiger partial charge in [0.15, 0.2) is 5.96 Å². The SMILES string of the molecule is Cc1ccc(OC(C)CNC2=NCCN2C)cc1.I. The molecule has 19 heavy (non-hydrogen) atoms. The van der Waals surface area contributed by atoms with Crippen LogP contribution >= 0.6 is 24.0 Å². The molecular formula is C14H22IN3O. The summed E-state index contributed by atoms with van der Waals surface area (Å²) in [6, 6.07) is 8.13. The topological polar surface area (TPSA) is 36.9 Å². The Labute approximate surface area is 132 Å². The van der Waals surface area contributed by atoms with Crippen LogP contribution in [0.3, 0.4) is 0 Å². The van der Waals surface area contributed by atoms with Gasteiger partial charge in [-0.3, -0.25) is 4.99 Å². The van der Waals surface area contributed by atoms with E-state index in [1.807, 2.05) is 19.2 Å². The Kier molecular flexibility index (Phi) is 6.41. The van der Waals surface area contributed by atoms with Crippen molar-refractivity contribution in [2.75, 3.05) is 26.7 Å². The second-order valence-electron chi connectivity index (χ2n) is 4.75. The van der Waals surface area contributed by atoms with Gasteiger partial charge in [0.2, 0.25) is 0 Å². The number of halogens is 1. The molecule has 1 unspecified atom stereocenters.